The molecule has 1 aliphatic rings. The molecule has 0 amide bonds. The third-order valence-corrected chi connectivity index (χ3v) is 3.80. The van der Waals surface area contributed by atoms with Gasteiger partial charge in [0, 0.05) is 30.2 Å². The average molecular weight is 306 g/mol. The highest BCUT2D eigenvalue weighted by atomic mass is 35.5. The van der Waals surface area contributed by atoms with Crippen LogP contribution in [0.5, 0.6) is 0 Å². The number of nitrogens with one attached hydrogen (secondary N) is 1. The Morgan fingerprint density at radius 1 is 1.29 bits per heavy atom. The van der Waals surface area contributed by atoms with E-state index in [1.54, 1.807) is 0 Å². The lowest BCUT2D eigenvalue weighted by Gasteiger charge is -2.14. The van der Waals surface area contributed by atoms with Crippen molar-refractivity contribution < 1.29 is 4.52 Å². The van der Waals surface area contributed by atoms with E-state index in [1.165, 1.54) is 18.4 Å². The third-order valence-electron chi connectivity index (χ3n) is 3.55. The summed E-state index contributed by atoms with van der Waals surface area (Å²) in [6.07, 6.45) is 2.57. The molecule has 1 heterocycles. The van der Waals surface area contributed by atoms with Gasteiger partial charge in [-0.05, 0) is 37.6 Å². The molecule has 3 rings (SSSR count). The van der Waals surface area contributed by atoms with Crippen LogP contribution in [0.2, 0.25) is 5.02 Å². The molecular weight excluding hydrogens is 286 g/mol. The Labute approximate surface area is 130 Å². The molecule has 4 nitrogen and oxygen atoms in total. The van der Waals surface area contributed by atoms with Crippen LogP contribution in [0, 0.1) is 0 Å². The number of hydrogen-bond acceptors (Lipinski definition) is 4. The van der Waals surface area contributed by atoms with Crippen molar-refractivity contribution in [2.75, 3.05) is 7.05 Å². The van der Waals surface area contributed by atoms with Crippen LogP contribution in [0.4, 0.5) is 0 Å². The number of aromatic nitrogens is 1. The fraction of sp³-hybridized carbons (Fsp3) is 0.438. The minimum Gasteiger partial charge on any atom is -0.360 e. The van der Waals surface area contributed by atoms with Gasteiger partial charge in [-0.3, -0.25) is 4.90 Å². The summed E-state index contributed by atoms with van der Waals surface area (Å²) in [4.78, 5) is 2.20. The van der Waals surface area contributed by atoms with Crippen LogP contribution in [0.1, 0.15) is 29.9 Å². The van der Waals surface area contributed by atoms with Gasteiger partial charge in [0.15, 0.2) is 5.76 Å². The van der Waals surface area contributed by atoms with E-state index in [-0.39, 0.29) is 0 Å². The van der Waals surface area contributed by atoms with Gasteiger partial charge >= 0.3 is 0 Å². The van der Waals surface area contributed by atoms with Crippen molar-refractivity contribution in [2.24, 2.45) is 0 Å². The van der Waals surface area contributed by atoms with E-state index < -0.39 is 0 Å². The number of halogens is 1. The molecule has 21 heavy (non-hydrogen) atoms. The van der Waals surface area contributed by atoms with Gasteiger partial charge in [-0.2, -0.15) is 0 Å². The van der Waals surface area contributed by atoms with Gasteiger partial charge in [0.2, 0.25) is 0 Å². The zero-order valence-corrected chi connectivity index (χ0v) is 12.9. The van der Waals surface area contributed by atoms with Gasteiger partial charge in [0.1, 0.15) is 0 Å². The van der Waals surface area contributed by atoms with Crippen LogP contribution in [0.3, 0.4) is 0 Å². The van der Waals surface area contributed by atoms with E-state index in [0.29, 0.717) is 6.04 Å². The van der Waals surface area contributed by atoms with Crippen LogP contribution in [0.25, 0.3) is 0 Å². The highest BCUT2D eigenvalue weighted by Crippen LogP contribution is 2.19. The average Bonchev–Trinajstić information content (AvgIpc) is 3.19. The highest BCUT2D eigenvalue weighted by Gasteiger charge is 2.20. The predicted molar refractivity (Wildman–Crippen MR) is 83.0 cm³/mol. The fourth-order valence-corrected chi connectivity index (χ4v) is 2.40. The summed E-state index contributed by atoms with van der Waals surface area (Å²) in [6.45, 7) is 2.40. The van der Waals surface area contributed by atoms with Crippen molar-refractivity contribution in [3.05, 3.63) is 52.4 Å². The predicted octanol–water partition coefficient (Wildman–Crippen LogP) is 3.21. The van der Waals surface area contributed by atoms with Crippen LogP contribution in [-0.2, 0) is 19.6 Å². The first-order valence-electron chi connectivity index (χ1n) is 7.30. The maximum absolute atomic E-state index is 5.89. The Morgan fingerprint density at radius 2 is 2.05 bits per heavy atom. The number of hydrogen-bond donors (Lipinski definition) is 1. The first-order chi connectivity index (χ1) is 10.2. The van der Waals surface area contributed by atoms with E-state index in [9.17, 15) is 0 Å². The summed E-state index contributed by atoms with van der Waals surface area (Å²) in [5.41, 5.74) is 2.22. The van der Waals surface area contributed by atoms with Gasteiger partial charge in [0.05, 0.1) is 12.2 Å². The quantitative estimate of drug-likeness (QED) is 0.853. The van der Waals surface area contributed by atoms with E-state index in [0.717, 1.165) is 36.1 Å². The molecule has 1 fully saturated rings. The van der Waals surface area contributed by atoms with Crippen molar-refractivity contribution in [3.63, 3.8) is 0 Å². The summed E-state index contributed by atoms with van der Waals surface area (Å²) in [7, 11) is 2.07. The van der Waals surface area contributed by atoms with Gasteiger partial charge < -0.3 is 9.84 Å². The maximum Gasteiger partial charge on any atom is 0.151 e. The molecule has 0 spiro atoms. The number of nitrogens with zero attached hydrogens (tertiary/aromatic N) is 2. The van der Waals surface area contributed by atoms with Crippen molar-refractivity contribution in [1.82, 2.24) is 15.4 Å². The molecule has 2 aromatic rings. The number of rotatable bonds is 7. The second kappa shape index (κ2) is 6.60. The molecule has 1 aliphatic carbocycles. The normalized spacial score (nSPS) is 14.8. The van der Waals surface area contributed by atoms with Gasteiger partial charge in [-0.25, -0.2) is 0 Å². The molecule has 1 saturated carbocycles. The van der Waals surface area contributed by atoms with Crippen LogP contribution >= 0.6 is 11.6 Å². The first-order valence-corrected chi connectivity index (χ1v) is 7.68. The van der Waals surface area contributed by atoms with E-state index in [1.807, 2.05) is 30.3 Å². The molecule has 0 bridgehead atoms. The lowest BCUT2D eigenvalue weighted by molar-refractivity contribution is 0.265. The Balaban J connectivity index is 1.49. The van der Waals surface area contributed by atoms with Crippen molar-refractivity contribution in [3.8, 4) is 0 Å². The molecule has 0 atom stereocenters. The smallest absolute Gasteiger partial charge is 0.151 e. The van der Waals surface area contributed by atoms with Gasteiger partial charge in [-0.1, -0.05) is 28.9 Å². The lowest BCUT2D eigenvalue weighted by atomic mass is 10.2. The summed E-state index contributed by atoms with van der Waals surface area (Å²) in [6, 6.07) is 10.7. The van der Waals surface area contributed by atoms with Crippen LogP contribution in [0.15, 0.2) is 34.9 Å². The molecule has 5 heteroatoms. The third kappa shape index (κ3) is 4.56. The van der Waals surface area contributed by atoms with Crippen molar-refractivity contribution in [1.29, 1.82) is 0 Å². The Bertz CT molecular complexity index is 577. The van der Waals surface area contributed by atoms with E-state index in [4.69, 9.17) is 16.1 Å². The molecular formula is C16H20ClN3O. The number of benzene rings is 1. The lowest BCUT2D eigenvalue weighted by Crippen LogP contribution is -2.17. The topological polar surface area (TPSA) is 41.3 Å². The highest BCUT2D eigenvalue weighted by molar-refractivity contribution is 6.30. The molecule has 0 radical (unpaired) electrons. The molecule has 1 aromatic carbocycles. The summed E-state index contributed by atoms with van der Waals surface area (Å²) >= 11 is 5.89. The monoisotopic (exact) mass is 305 g/mol. The van der Waals surface area contributed by atoms with Gasteiger partial charge in [-0.15, -0.1) is 0 Å². The Kier molecular flexibility index (Phi) is 4.58. The molecule has 0 unspecified atom stereocenters. The summed E-state index contributed by atoms with van der Waals surface area (Å²) < 4.78 is 5.39. The summed E-state index contributed by atoms with van der Waals surface area (Å²) in [5.74, 6) is 0.902. The second-order valence-electron chi connectivity index (χ2n) is 5.74. The zero-order chi connectivity index (χ0) is 14.7. The molecule has 0 aliphatic heterocycles. The maximum atomic E-state index is 5.89. The van der Waals surface area contributed by atoms with Crippen LogP contribution in [-0.4, -0.2) is 23.1 Å². The van der Waals surface area contributed by atoms with Crippen molar-refractivity contribution >= 4 is 11.6 Å². The molecule has 112 valence electrons. The standard InChI is InChI=1S/C16H20ClN3O/c1-20(10-12-2-4-13(17)5-3-12)11-16-8-15(19-21-16)9-18-14-6-7-14/h2-5,8,14,18H,6-7,9-11H2,1H3. The van der Waals surface area contributed by atoms with E-state index in [2.05, 4.69) is 22.4 Å². The van der Waals surface area contributed by atoms with Crippen LogP contribution < -0.4 is 5.32 Å². The first kappa shape index (κ1) is 14.6. The zero-order valence-electron chi connectivity index (χ0n) is 12.2. The van der Waals surface area contributed by atoms with Gasteiger partial charge in [0.25, 0.3) is 0 Å². The largest absolute Gasteiger partial charge is 0.360 e. The van der Waals surface area contributed by atoms with Crippen molar-refractivity contribution in [2.45, 2.75) is 38.5 Å². The SMILES string of the molecule is CN(Cc1ccc(Cl)cc1)Cc1cc(CNC2CC2)no1. The fourth-order valence-electron chi connectivity index (χ4n) is 2.27. The second-order valence-corrected chi connectivity index (χ2v) is 6.17. The van der Waals surface area contributed by atoms with E-state index >= 15 is 0 Å². The Morgan fingerprint density at radius 3 is 2.76 bits per heavy atom. The Hall–Kier alpha value is -1.36. The molecule has 1 N–H and O–H groups in total. The molecule has 0 saturated heterocycles. The molecule has 1 aromatic heterocycles. The minimum absolute atomic E-state index is 0.692. The minimum atomic E-state index is 0.692. The summed E-state index contributed by atoms with van der Waals surface area (Å²) in [5, 5.41) is 8.31.